The van der Waals surface area contributed by atoms with Gasteiger partial charge < -0.3 is 0 Å². The molecule has 0 aromatic heterocycles. The zero-order valence-corrected chi connectivity index (χ0v) is 51.9. The van der Waals surface area contributed by atoms with Crippen LogP contribution in [-0.2, 0) is 19.2 Å². The average Bonchev–Trinajstić information content (AvgIpc) is 3.14. The maximum atomic E-state index is 13.9. The first-order valence-corrected chi connectivity index (χ1v) is 36.2. The van der Waals surface area contributed by atoms with Gasteiger partial charge in [0.15, 0.2) is 23.1 Å². The summed E-state index contributed by atoms with van der Waals surface area (Å²) in [6.07, 6.45) is 64.2. The molecule has 0 aromatic rings. The number of unbranched alkanes of at least 4 members (excludes halogenated alkanes) is 10. The van der Waals surface area contributed by atoms with Crippen LogP contribution < -0.4 is 0 Å². The van der Waals surface area contributed by atoms with Crippen LogP contribution in [0.25, 0.3) is 0 Å². The fraction of sp³-hybridized carbons (Fsp3) is 0.946. The summed E-state index contributed by atoms with van der Waals surface area (Å²) in [5.41, 5.74) is -2.18. The van der Waals surface area contributed by atoms with Crippen molar-refractivity contribution >= 4 is 23.1 Å². The summed E-state index contributed by atoms with van der Waals surface area (Å²) in [6.45, 7) is 9.21. The standard InChI is InChI=1S/C38H64O2.C36H60O2/c1-3-5-7-9-11-29-13-17-31(18-14-29)33-21-25-37(26-22-33)35(39)38(36(37)40)27-23-34(24-28-38)32-19-15-30(16-20-32)12-10-8-6-4-2;1-3-5-7-9-27-11-15-29(16-12-27)31-19-23-35(24-20-31)33(37)36(34(35)38)25-21-32(22-26-36)30-17-13-28(14-18-30)10-8-6-4-2/h29-34H,3-28H2,1-2H3;27-32H,3-26H2,1-2H3. The van der Waals surface area contributed by atoms with E-state index in [0.29, 0.717) is 23.1 Å². The van der Waals surface area contributed by atoms with Crippen LogP contribution in [0.4, 0.5) is 0 Å². The van der Waals surface area contributed by atoms with Crippen molar-refractivity contribution in [3.05, 3.63) is 0 Å². The molecule has 0 heterocycles. The van der Waals surface area contributed by atoms with Crippen LogP contribution in [0, 0.1) is 92.7 Å². The maximum absolute atomic E-state index is 13.9. The van der Waals surface area contributed by atoms with Gasteiger partial charge in [-0.1, -0.05) is 195 Å². The highest BCUT2D eigenvalue weighted by Crippen LogP contribution is 2.65. The molecule has 0 N–H and O–H groups in total. The smallest absolute Gasteiger partial charge is 0.159 e. The molecule has 4 spiro atoms. The molecule has 0 aromatic carbocycles. The normalized spacial score (nSPS) is 41.2. The Labute approximate surface area is 481 Å². The Hall–Kier alpha value is -1.32. The minimum absolute atomic E-state index is 0.408. The van der Waals surface area contributed by atoms with Crippen molar-refractivity contribution in [3.8, 4) is 0 Å². The van der Waals surface area contributed by atoms with Crippen LogP contribution in [0.2, 0.25) is 0 Å². The lowest BCUT2D eigenvalue weighted by molar-refractivity contribution is -0.180. The molecule has 0 radical (unpaired) electrons. The second kappa shape index (κ2) is 29.0. The molecule has 0 amide bonds. The van der Waals surface area contributed by atoms with Gasteiger partial charge in [0.25, 0.3) is 0 Å². The molecule has 0 saturated heterocycles. The van der Waals surface area contributed by atoms with E-state index >= 15 is 0 Å². The molecule has 0 aliphatic heterocycles. The predicted octanol–water partition coefficient (Wildman–Crippen LogP) is 21.3. The summed E-state index contributed by atoms with van der Waals surface area (Å²) in [7, 11) is 0. The van der Waals surface area contributed by atoms with E-state index in [4.69, 9.17) is 0 Å². The molecule has 10 aliphatic carbocycles. The fourth-order valence-corrected chi connectivity index (χ4v) is 21.2. The van der Waals surface area contributed by atoms with Crippen molar-refractivity contribution in [1.82, 2.24) is 0 Å². The van der Waals surface area contributed by atoms with Crippen LogP contribution in [0.15, 0.2) is 0 Å². The van der Waals surface area contributed by atoms with Gasteiger partial charge >= 0.3 is 0 Å². The van der Waals surface area contributed by atoms with Crippen LogP contribution in [0.3, 0.4) is 0 Å². The van der Waals surface area contributed by atoms with Gasteiger partial charge in [-0.15, -0.1) is 0 Å². The first kappa shape index (κ1) is 61.2. The Morgan fingerprint density at radius 3 is 0.590 bits per heavy atom. The van der Waals surface area contributed by atoms with E-state index in [0.717, 1.165) is 174 Å². The van der Waals surface area contributed by atoms with E-state index in [-0.39, 0.29) is 0 Å². The van der Waals surface area contributed by atoms with Crippen LogP contribution in [0.1, 0.15) is 349 Å². The second-order valence-corrected chi connectivity index (χ2v) is 30.8. The third-order valence-corrected chi connectivity index (χ3v) is 26.6. The van der Waals surface area contributed by atoms with Crippen molar-refractivity contribution in [2.24, 2.45) is 92.7 Å². The van der Waals surface area contributed by atoms with Crippen molar-refractivity contribution in [1.29, 1.82) is 0 Å². The highest BCUT2D eigenvalue weighted by molar-refractivity contribution is 6.31. The number of ketones is 4. The number of hydrogen-bond donors (Lipinski definition) is 0. The highest BCUT2D eigenvalue weighted by Gasteiger charge is 2.72. The van der Waals surface area contributed by atoms with E-state index in [9.17, 15) is 19.2 Å². The third kappa shape index (κ3) is 13.6. The molecule has 4 nitrogen and oxygen atoms in total. The summed E-state index contributed by atoms with van der Waals surface area (Å²) >= 11 is 0. The topological polar surface area (TPSA) is 68.3 Å². The Morgan fingerprint density at radius 1 is 0.231 bits per heavy atom. The van der Waals surface area contributed by atoms with Crippen molar-refractivity contribution in [2.75, 3.05) is 0 Å². The van der Waals surface area contributed by atoms with Gasteiger partial charge in [-0.25, -0.2) is 0 Å². The number of rotatable bonds is 22. The van der Waals surface area contributed by atoms with E-state index in [1.54, 1.807) is 0 Å². The molecular weight excluding hydrogens is 953 g/mol. The van der Waals surface area contributed by atoms with Gasteiger partial charge in [-0.05, 0) is 225 Å². The monoisotopic (exact) mass is 1080 g/mol. The Morgan fingerprint density at radius 2 is 0.397 bits per heavy atom. The third-order valence-electron chi connectivity index (χ3n) is 26.6. The van der Waals surface area contributed by atoms with Gasteiger partial charge in [0.1, 0.15) is 0 Å². The van der Waals surface area contributed by atoms with Gasteiger partial charge in [0, 0.05) is 0 Å². The highest BCUT2D eigenvalue weighted by atomic mass is 16.2. The Bertz CT molecular complexity index is 1660. The van der Waals surface area contributed by atoms with Crippen LogP contribution >= 0.6 is 0 Å². The van der Waals surface area contributed by atoms with Gasteiger partial charge in [-0.3, -0.25) is 19.2 Å². The van der Waals surface area contributed by atoms with Gasteiger partial charge in [0.05, 0.1) is 21.7 Å². The number of Topliss-reactive ketones (excluding diaryl/α,β-unsaturated/α-hetero) is 4. The summed E-state index contributed by atoms with van der Waals surface area (Å²) in [4.78, 5) is 55.3. The van der Waals surface area contributed by atoms with E-state index in [1.807, 2.05) is 0 Å². The lowest BCUT2D eigenvalue weighted by atomic mass is 9.41. The van der Waals surface area contributed by atoms with Crippen LogP contribution in [-0.4, -0.2) is 23.1 Å². The molecule has 78 heavy (non-hydrogen) atoms. The summed E-state index contributed by atoms with van der Waals surface area (Å²) in [5, 5.41) is 0. The lowest BCUT2D eigenvalue weighted by Gasteiger charge is -2.58. The molecule has 444 valence electrons. The minimum atomic E-state index is -0.546. The molecule has 10 rings (SSSR count). The van der Waals surface area contributed by atoms with Crippen LogP contribution in [0.5, 0.6) is 0 Å². The van der Waals surface area contributed by atoms with Gasteiger partial charge in [-0.2, -0.15) is 0 Å². The SMILES string of the molecule is CCCCCC1CCC(C2CCC3(CC2)C(=O)C2(CCC(C4CCC(CCCCC)CC4)CC2)C3=O)CC1.CCCCCCC1CCC(C2CCC3(CC2)C(=O)C2(CCC(C4CCC(CCCCCC)CC4)CC2)C3=O)CC1. The van der Waals surface area contributed by atoms with E-state index in [1.165, 1.54) is 218 Å². The maximum Gasteiger partial charge on any atom is 0.159 e. The summed E-state index contributed by atoms with van der Waals surface area (Å²) < 4.78 is 0. The largest absolute Gasteiger partial charge is 0.297 e. The first-order chi connectivity index (χ1) is 38.0. The Kier molecular flexibility index (Phi) is 22.8. The molecule has 10 saturated carbocycles. The van der Waals surface area contributed by atoms with Crippen molar-refractivity contribution < 1.29 is 19.2 Å². The quantitative estimate of drug-likeness (QED) is 0.0800. The molecule has 0 bridgehead atoms. The average molecular weight is 1080 g/mol. The van der Waals surface area contributed by atoms with Gasteiger partial charge in [0.2, 0.25) is 0 Å². The fourth-order valence-electron chi connectivity index (χ4n) is 21.2. The zero-order valence-electron chi connectivity index (χ0n) is 51.9. The van der Waals surface area contributed by atoms with E-state index < -0.39 is 21.7 Å². The number of carbonyl (C=O) groups is 4. The first-order valence-electron chi connectivity index (χ1n) is 36.2. The van der Waals surface area contributed by atoms with Crippen molar-refractivity contribution in [2.45, 2.75) is 349 Å². The summed E-state index contributed by atoms with van der Waals surface area (Å²) in [5.74, 6) is 12.1. The minimum Gasteiger partial charge on any atom is -0.297 e. The number of carbonyl (C=O) groups excluding carboxylic acids is 4. The molecule has 0 unspecified atom stereocenters. The molecule has 10 aliphatic rings. The molecule has 10 fully saturated rings. The zero-order chi connectivity index (χ0) is 54.6. The summed E-state index contributed by atoms with van der Waals surface area (Å²) in [6, 6.07) is 0. The Balaban J connectivity index is 0.000000190. The molecular formula is C74H124O4. The second-order valence-electron chi connectivity index (χ2n) is 30.8. The molecule has 4 heteroatoms. The van der Waals surface area contributed by atoms with E-state index in [2.05, 4.69) is 27.7 Å². The molecule has 0 atom stereocenters. The van der Waals surface area contributed by atoms with Crippen molar-refractivity contribution in [3.63, 3.8) is 0 Å². The number of hydrogen-bond acceptors (Lipinski definition) is 4. The predicted molar refractivity (Wildman–Crippen MR) is 325 cm³/mol. The lowest BCUT2D eigenvalue weighted by Crippen LogP contribution is -2.68.